The molecule has 0 atom stereocenters. The third kappa shape index (κ3) is 3.41. The monoisotopic (exact) mass is 323 g/mol. The minimum absolute atomic E-state index is 0.304. The maximum absolute atomic E-state index is 10.0. The van der Waals surface area contributed by atoms with Crippen molar-refractivity contribution in [2.75, 3.05) is 26.5 Å². The second-order valence-electron chi connectivity index (χ2n) is 5.95. The zero-order valence-electron chi connectivity index (χ0n) is 14.1. The minimum Gasteiger partial charge on any atom is -0.508 e. The van der Waals surface area contributed by atoms with E-state index in [1.165, 1.54) is 0 Å². The predicted octanol–water partition coefficient (Wildman–Crippen LogP) is 3.75. The van der Waals surface area contributed by atoms with Crippen LogP contribution < -0.4 is 10.1 Å². The normalized spacial score (nSPS) is 11.0. The molecule has 1 heterocycles. The number of rotatable bonds is 5. The Kier molecular flexibility index (Phi) is 4.53. The highest BCUT2D eigenvalue weighted by Gasteiger charge is 2.07. The Morgan fingerprint density at radius 2 is 1.96 bits per heavy atom. The van der Waals surface area contributed by atoms with Crippen LogP contribution in [0.4, 0.5) is 11.4 Å². The van der Waals surface area contributed by atoms with Crippen molar-refractivity contribution in [1.29, 1.82) is 0 Å². The first-order valence-corrected chi connectivity index (χ1v) is 7.73. The summed E-state index contributed by atoms with van der Waals surface area (Å²) in [5.41, 5.74) is 3.63. The summed E-state index contributed by atoms with van der Waals surface area (Å²) in [6, 6.07) is 13.3. The molecule has 0 spiro atoms. The third-order valence-corrected chi connectivity index (χ3v) is 3.79. The predicted molar refractivity (Wildman–Crippen MR) is 97.1 cm³/mol. The molecular formula is C19H21N3O2. The summed E-state index contributed by atoms with van der Waals surface area (Å²) in [7, 11) is 5.60. The van der Waals surface area contributed by atoms with Gasteiger partial charge in [0.2, 0.25) is 0 Å². The number of fused-ring (bicyclic) bond motifs is 1. The van der Waals surface area contributed by atoms with Crippen LogP contribution in [0.1, 0.15) is 5.56 Å². The van der Waals surface area contributed by atoms with E-state index in [0.29, 0.717) is 12.3 Å². The summed E-state index contributed by atoms with van der Waals surface area (Å²) in [6.07, 6.45) is 1.77. The number of ether oxygens (including phenoxy) is 1. The van der Waals surface area contributed by atoms with Gasteiger partial charge in [0.25, 0.3) is 0 Å². The first-order valence-electron chi connectivity index (χ1n) is 7.73. The van der Waals surface area contributed by atoms with Gasteiger partial charge in [-0.05, 0) is 50.5 Å². The zero-order chi connectivity index (χ0) is 17.1. The molecule has 0 aliphatic carbocycles. The number of aromatic hydroxyl groups is 1. The number of methoxy groups -OCH3 is 1. The second-order valence-corrected chi connectivity index (χ2v) is 5.95. The molecule has 0 bridgehead atoms. The molecule has 2 aromatic carbocycles. The lowest BCUT2D eigenvalue weighted by atomic mass is 10.1. The Morgan fingerprint density at radius 1 is 1.12 bits per heavy atom. The molecule has 5 heteroatoms. The van der Waals surface area contributed by atoms with Crippen LogP contribution in [0, 0.1) is 0 Å². The molecule has 24 heavy (non-hydrogen) atoms. The number of pyridine rings is 1. The molecule has 5 nitrogen and oxygen atoms in total. The molecule has 0 saturated carbocycles. The number of benzene rings is 2. The van der Waals surface area contributed by atoms with Gasteiger partial charge in [0.15, 0.2) is 0 Å². The molecule has 0 amide bonds. The van der Waals surface area contributed by atoms with E-state index in [-0.39, 0.29) is 0 Å². The summed E-state index contributed by atoms with van der Waals surface area (Å²) in [5.74, 6) is 1.09. The number of nitrogens with zero attached hydrogens (tertiary/aromatic N) is 2. The number of phenolic OH excluding ortho intramolecular Hbond substituents is 1. The number of phenols is 1. The Labute approximate surface area is 141 Å². The van der Waals surface area contributed by atoms with Crippen LogP contribution >= 0.6 is 0 Å². The summed E-state index contributed by atoms with van der Waals surface area (Å²) >= 11 is 0. The van der Waals surface area contributed by atoms with E-state index in [1.54, 1.807) is 19.4 Å². The van der Waals surface area contributed by atoms with E-state index in [4.69, 9.17) is 4.74 Å². The molecule has 3 rings (SSSR count). The lowest BCUT2D eigenvalue weighted by Crippen LogP contribution is -2.10. The molecule has 0 fully saturated rings. The lowest BCUT2D eigenvalue weighted by Gasteiger charge is -2.14. The van der Waals surface area contributed by atoms with Gasteiger partial charge in [0.1, 0.15) is 11.5 Å². The Bertz CT molecular complexity index is 862. The van der Waals surface area contributed by atoms with Gasteiger partial charge in [0.05, 0.1) is 12.6 Å². The molecule has 2 N–H and O–H groups in total. The van der Waals surface area contributed by atoms with Crippen LogP contribution in [0.15, 0.2) is 48.7 Å². The topological polar surface area (TPSA) is 57.6 Å². The summed E-state index contributed by atoms with van der Waals surface area (Å²) in [6.45, 7) is 0.676. The van der Waals surface area contributed by atoms with Crippen molar-refractivity contribution in [2.24, 2.45) is 0 Å². The van der Waals surface area contributed by atoms with Crippen LogP contribution in [0.5, 0.6) is 11.5 Å². The first-order chi connectivity index (χ1) is 11.6. The Hall–Kier alpha value is -2.79. The number of anilines is 2. The van der Waals surface area contributed by atoms with Crippen molar-refractivity contribution in [3.63, 3.8) is 0 Å². The zero-order valence-corrected chi connectivity index (χ0v) is 14.1. The van der Waals surface area contributed by atoms with Gasteiger partial charge < -0.3 is 20.1 Å². The number of hydrogen-bond donors (Lipinski definition) is 2. The van der Waals surface area contributed by atoms with Gasteiger partial charge in [-0.25, -0.2) is 0 Å². The van der Waals surface area contributed by atoms with E-state index in [1.807, 2.05) is 55.4 Å². The van der Waals surface area contributed by atoms with E-state index < -0.39 is 0 Å². The molecule has 0 aliphatic rings. The highest BCUT2D eigenvalue weighted by Crippen LogP contribution is 2.29. The van der Waals surface area contributed by atoms with Crippen molar-refractivity contribution < 1.29 is 9.84 Å². The highest BCUT2D eigenvalue weighted by molar-refractivity contribution is 5.93. The fourth-order valence-electron chi connectivity index (χ4n) is 2.65. The van der Waals surface area contributed by atoms with E-state index >= 15 is 0 Å². The molecule has 0 radical (unpaired) electrons. The van der Waals surface area contributed by atoms with Crippen molar-refractivity contribution in [2.45, 2.75) is 6.54 Å². The number of nitrogens with one attached hydrogen (secondary N) is 1. The fraction of sp³-hybridized carbons (Fsp3) is 0.211. The van der Waals surface area contributed by atoms with Crippen molar-refractivity contribution in [1.82, 2.24) is 9.88 Å². The van der Waals surface area contributed by atoms with Gasteiger partial charge in [-0.3, -0.25) is 4.98 Å². The highest BCUT2D eigenvalue weighted by atomic mass is 16.5. The van der Waals surface area contributed by atoms with Gasteiger partial charge in [-0.15, -0.1) is 0 Å². The van der Waals surface area contributed by atoms with Gasteiger partial charge in [0, 0.05) is 41.1 Å². The molecule has 0 aliphatic heterocycles. The number of aromatic nitrogens is 1. The minimum atomic E-state index is 0.304. The van der Waals surface area contributed by atoms with Gasteiger partial charge in [-0.1, -0.05) is 0 Å². The second kappa shape index (κ2) is 6.76. The molecule has 0 saturated heterocycles. The van der Waals surface area contributed by atoms with E-state index in [9.17, 15) is 5.11 Å². The largest absolute Gasteiger partial charge is 0.508 e. The van der Waals surface area contributed by atoms with Crippen LogP contribution in [-0.4, -0.2) is 36.2 Å². The fourth-order valence-corrected chi connectivity index (χ4v) is 2.65. The Balaban J connectivity index is 1.95. The third-order valence-electron chi connectivity index (χ3n) is 3.79. The average molecular weight is 323 g/mol. The Morgan fingerprint density at radius 3 is 2.71 bits per heavy atom. The maximum Gasteiger partial charge on any atom is 0.121 e. The summed E-state index contributed by atoms with van der Waals surface area (Å²) < 4.78 is 5.25. The van der Waals surface area contributed by atoms with Crippen LogP contribution in [0.25, 0.3) is 10.9 Å². The van der Waals surface area contributed by atoms with Crippen molar-refractivity contribution in [3.05, 3.63) is 54.2 Å². The van der Waals surface area contributed by atoms with Gasteiger partial charge >= 0.3 is 0 Å². The van der Waals surface area contributed by atoms with Crippen LogP contribution in [0.3, 0.4) is 0 Å². The first kappa shape index (κ1) is 16.1. The molecular weight excluding hydrogens is 302 g/mol. The molecule has 1 aromatic heterocycles. The number of hydrogen-bond acceptors (Lipinski definition) is 5. The molecule has 0 unspecified atom stereocenters. The smallest absolute Gasteiger partial charge is 0.121 e. The average Bonchev–Trinajstić information content (AvgIpc) is 2.57. The SMILES string of the molecule is COc1ccc2c(Nc3ccc(O)c(CN(C)C)c3)ccnc2c1. The molecule has 124 valence electrons. The lowest BCUT2D eigenvalue weighted by molar-refractivity contribution is 0.386. The van der Waals surface area contributed by atoms with Crippen molar-refractivity contribution in [3.8, 4) is 11.5 Å². The van der Waals surface area contributed by atoms with Crippen molar-refractivity contribution >= 4 is 22.3 Å². The summed E-state index contributed by atoms with van der Waals surface area (Å²) in [5, 5.41) is 14.4. The van der Waals surface area contributed by atoms with Crippen LogP contribution in [-0.2, 0) is 6.54 Å². The van der Waals surface area contributed by atoms with Gasteiger partial charge in [-0.2, -0.15) is 0 Å². The summed E-state index contributed by atoms with van der Waals surface area (Å²) in [4.78, 5) is 6.42. The van der Waals surface area contributed by atoms with E-state index in [2.05, 4.69) is 10.3 Å². The quantitative estimate of drug-likeness (QED) is 0.700. The van der Waals surface area contributed by atoms with E-state index in [0.717, 1.165) is 33.6 Å². The molecule has 3 aromatic rings. The standard InChI is InChI=1S/C19H21N3O2/c1-22(2)12-13-10-14(4-7-19(13)23)21-17-8-9-20-18-11-15(24-3)5-6-16(17)18/h4-11,23H,12H2,1-3H3,(H,20,21). The maximum atomic E-state index is 10.0. The van der Waals surface area contributed by atoms with Crippen LogP contribution in [0.2, 0.25) is 0 Å².